The molecule has 2 aromatic rings. The van der Waals surface area contributed by atoms with Crippen molar-refractivity contribution in [2.75, 3.05) is 0 Å². The smallest absolute Gasteiger partial charge is 0.277 e. The number of carbonyl (C=O) groups is 1. The summed E-state index contributed by atoms with van der Waals surface area (Å²) in [6.07, 6.45) is -1.43. The van der Waals surface area contributed by atoms with Gasteiger partial charge in [0, 0.05) is 5.56 Å². The van der Waals surface area contributed by atoms with Crippen LogP contribution in [-0.2, 0) is 6.42 Å². The summed E-state index contributed by atoms with van der Waals surface area (Å²) in [6, 6.07) is 15.9. The van der Waals surface area contributed by atoms with Gasteiger partial charge in [-0.15, -0.1) is 0 Å². The Bertz CT molecular complexity index is 639. The van der Waals surface area contributed by atoms with Crippen molar-refractivity contribution in [3.8, 4) is 0 Å². The van der Waals surface area contributed by atoms with Gasteiger partial charge >= 0.3 is 0 Å². The number of hydrogen-bond acceptors (Lipinski definition) is 1. The summed E-state index contributed by atoms with van der Waals surface area (Å²) in [6.45, 7) is 1.97. The quantitative estimate of drug-likeness (QED) is 0.560. The Balaban J connectivity index is 2.12. The van der Waals surface area contributed by atoms with Gasteiger partial charge in [0.1, 0.15) is 0 Å². The highest BCUT2D eigenvalue weighted by Crippen LogP contribution is 2.20. The number of aryl methyl sites for hydroxylation is 2. The van der Waals surface area contributed by atoms with Gasteiger partial charge in [0.2, 0.25) is 0 Å². The van der Waals surface area contributed by atoms with E-state index in [1.165, 1.54) is 0 Å². The number of Topliss-reactive ketones (excluding diaryl/α,β-unsaturated/α-hetero) is 1. The van der Waals surface area contributed by atoms with Gasteiger partial charge < -0.3 is 0 Å². The molecule has 108 valence electrons. The van der Waals surface area contributed by atoms with Crippen LogP contribution < -0.4 is 0 Å². The Morgan fingerprint density at radius 1 is 0.952 bits per heavy atom. The topological polar surface area (TPSA) is 17.1 Å². The lowest BCUT2D eigenvalue weighted by Gasteiger charge is -2.06. The largest absolute Gasteiger partial charge is 0.289 e. The van der Waals surface area contributed by atoms with Crippen LogP contribution in [0.4, 0.5) is 8.78 Å². The van der Waals surface area contributed by atoms with Gasteiger partial charge in [0.05, 0.1) is 5.57 Å². The molecule has 0 aliphatic carbocycles. The molecule has 0 spiro atoms. The van der Waals surface area contributed by atoms with E-state index in [-0.39, 0.29) is 6.42 Å². The molecule has 0 aromatic heterocycles. The third-order valence-electron chi connectivity index (χ3n) is 3.32. The van der Waals surface area contributed by atoms with Crippen molar-refractivity contribution in [1.82, 2.24) is 0 Å². The first kappa shape index (κ1) is 15.1. The zero-order chi connectivity index (χ0) is 15.2. The molecule has 0 saturated heterocycles. The fourth-order valence-electron chi connectivity index (χ4n) is 2.08. The zero-order valence-electron chi connectivity index (χ0n) is 11.8. The summed E-state index contributed by atoms with van der Waals surface area (Å²) >= 11 is 0. The maximum Gasteiger partial charge on any atom is 0.277 e. The number of carbonyl (C=O) groups excluding carboxylic acids is 1. The fourth-order valence-corrected chi connectivity index (χ4v) is 2.08. The average molecular weight is 286 g/mol. The van der Waals surface area contributed by atoms with Gasteiger partial charge in [-0.05, 0) is 25.3 Å². The van der Waals surface area contributed by atoms with E-state index in [1.807, 2.05) is 31.2 Å². The minimum atomic E-state index is -1.89. The monoisotopic (exact) mass is 286 g/mol. The summed E-state index contributed by atoms with van der Waals surface area (Å²) in [5.41, 5.74) is 1.96. The highest BCUT2D eigenvalue weighted by Gasteiger charge is 2.17. The summed E-state index contributed by atoms with van der Waals surface area (Å²) in [7, 11) is 0. The molecule has 1 nitrogen and oxygen atoms in total. The van der Waals surface area contributed by atoms with Crippen LogP contribution in [0, 0.1) is 6.92 Å². The number of benzene rings is 2. The second-order valence-electron chi connectivity index (χ2n) is 4.92. The van der Waals surface area contributed by atoms with Crippen molar-refractivity contribution in [3.63, 3.8) is 0 Å². The van der Waals surface area contributed by atoms with Crippen molar-refractivity contribution in [3.05, 3.63) is 82.9 Å². The summed E-state index contributed by atoms with van der Waals surface area (Å²) in [4.78, 5) is 12.1. The van der Waals surface area contributed by atoms with Gasteiger partial charge in [0.25, 0.3) is 6.08 Å². The van der Waals surface area contributed by atoms with Crippen molar-refractivity contribution in [2.45, 2.75) is 19.8 Å². The van der Waals surface area contributed by atoms with Gasteiger partial charge in [-0.3, -0.25) is 4.79 Å². The van der Waals surface area contributed by atoms with Crippen LogP contribution in [0.15, 0.2) is 66.3 Å². The van der Waals surface area contributed by atoms with Crippen molar-refractivity contribution in [1.29, 1.82) is 0 Å². The van der Waals surface area contributed by atoms with Crippen molar-refractivity contribution < 1.29 is 13.6 Å². The third kappa shape index (κ3) is 4.09. The third-order valence-corrected chi connectivity index (χ3v) is 3.32. The molecule has 0 unspecified atom stereocenters. The molecule has 3 heteroatoms. The standard InChI is InChI=1S/C18H16F2O/c1-13-7-9-14(10-8-13)11-12-16(18(19)20)17(21)15-5-3-2-4-6-15/h2-10H,11-12H2,1H3. The van der Waals surface area contributed by atoms with E-state index in [0.29, 0.717) is 12.0 Å². The number of rotatable bonds is 5. The molecular weight excluding hydrogens is 270 g/mol. The maximum atomic E-state index is 13.1. The van der Waals surface area contributed by atoms with Crippen LogP contribution in [-0.4, -0.2) is 5.78 Å². The predicted octanol–water partition coefficient (Wildman–Crippen LogP) is 4.96. The number of halogens is 2. The molecular formula is C18H16F2O. The minimum Gasteiger partial charge on any atom is -0.289 e. The van der Waals surface area contributed by atoms with E-state index >= 15 is 0 Å². The second kappa shape index (κ2) is 6.93. The van der Waals surface area contributed by atoms with Crippen molar-refractivity contribution in [2.24, 2.45) is 0 Å². The van der Waals surface area contributed by atoms with Gasteiger partial charge in [-0.1, -0.05) is 60.2 Å². The second-order valence-corrected chi connectivity index (χ2v) is 4.92. The molecule has 0 aliphatic heterocycles. The Kier molecular flexibility index (Phi) is 4.99. The molecule has 2 aromatic carbocycles. The molecule has 0 amide bonds. The summed E-state index contributed by atoms with van der Waals surface area (Å²) in [5, 5.41) is 0. The first-order valence-electron chi connectivity index (χ1n) is 6.77. The predicted molar refractivity (Wildman–Crippen MR) is 79.5 cm³/mol. The maximum absolute atomic E-state index is 13.1. The number of allylic oxidation sites excluding steroid dienone is 1. The summed E-state index contributed by atoms with van der Waals surface area (Å²) < 4.78 is 26.1. The van der Waals surface area contributed by atoms with E-state index in [4.69, 9.17) is 0 Å². The lowest BCUT2D eigenvalue weighted by atomic mass is 9.98. The molecule has 0 N–H and O–H groups in total. The highest BCUT2D eigenvalue weighted by molar-refractivity contribution is 6.08. The molecule has 0 aliphatic rings. The van der Waals surface area contributed by atoms with E-state index in [2.05, 4.69) is 0 Å². The SMILES string of the molecule is Cc1ccc(CCC(C(=O)c2ccccc2)=C(F)F)cc1. The van der Waals surface area contributed by atoms with Gasteiger partial charge in [0.15, 0.2) is 5.78 Å². The Morgan fingerprint density at radius 3 is 2.14 bits per heavy atom. The van der Waals surface area contributed by atoms with E-state index in [9.17, 15) is 13.6 Å². The number of hydrogen-bond donors (Lipinski definition) is 0. The van der Waals surface area contributed by atoms with Crippen molar-refractivity contribution >= 4 is 5.78 Å². The lowest BCUT2D eigenvalue weighted by molar-refractivity contribution is 0.102. The van der Waals surface area contributed by atoms with Crippen LogP contribution in [0.5, 0.6) is 0 Å². The van der Waals surface area contributed by atoms with Crippen LogP contribution in [0.2, 0.25) is 0 Å². The molecule has 0 fully saturated rings. The van der Waals surface area contributed by atoms with Crippen LogP contribution in [0.25, 0.3) is 0 Å². The molecule has 0 saturated carbocycles. The Labute approximate surface area is 122 Å². The van der Waals surface area contributed by atoms with E-state index in [1.54, 1.807) is 30.3 Å². The molecule has 0 bridgehead atoms. The van der Waals surface area contributed by atoms with Crippen LogP contribution in [0.3, 0.4) is 0 Å². The first-order chi connectivity index (χ1) is 10.1. The first-order valence-corrected chi connectivity index (χ1v) is 6.77. The van der Waals surface area contributed by atoms with E-state index < -0.39 is 17.4 Å². The van der Waals surface area contributed by atoms with Gasteiger partial charge in [-0.25, -0.2) is 0 Å². The zero-order valence-corrected chi connectivity index (χ0v) is 11.8. The highest BCUT2D eigenvalue weighted by atomic mass is 19.3. The molecule has 0 radical (unpaired) electrons. The average Bonchev–Trinajstić information content (AvgIpc) is 2.49. The molecule has 2 rings (SSSR count). The normalized spacial score (nSPS) is 10.2. The number of ketones is 1. The Morgan fingerprint density at radius 2 is 1.57 bits per heavy atom. The molecule has 0 atom stereocenters. The lowest BCUT2D eigenvalue weighted by Crippen LogP contribution is -2.06. The molecule has 0 heterocycles. The summed E-state index contributed by atoms with van der Waals surface area (Å²) in [5.74, 6) is -0.595. The minimum absolute atomic E-state index is 0.0408. The van der Waals surface area contributed by atoms with Crippen LogP contribution >= 0.6 is 0 Å². The van der Waals surface area contributed by atoms with Gasteiger partial charge in [-0.2, -0.15) is 8.78 Å². The van der Waals surface area contributed by atoms with Crippen LogP contribution in [0.1, 0.15) is 27.9 Å². The van der Waals surface area contributed by atoms with E-state index in [0.717, 1.165) is 11.1 Å². The Hall–Kier alpha value is -2.29. The fraction of sp³-hybridized carbons (Fsp3) is 0.167. The molecule has 21 heavy (non-hydrogen) atoms.